The van der Waals surface area contributed by atoms with Gasteiger partial charge in [-0.15, -0.1) is 0 Å². The number of nitrogens with zero attached hydrogens (tertiary/aromatic N) is 2. The van der Waals surface area contributed by atoms with Crippen LogP contribution in [0.2, 0.25) is 0 Å². The first-order valence-electron chi connectivity index (χ1n) is 6.33. The lowest BCUT2D eigenvalue weighted by molar-refractivity contribution is 0.0951. The molecular weight excluding hydrogens is 240 g/mol. The lowest BCUT2D eigenvalue weighted by atomic mass is 10.1. The Morgan fingerprint density at radius 2 is 2.21 bits per heavy atom. The number of hydrogen-bond donors (Lipinski definition) is 2. The van der Waals surface area contributed by atoms with Crippen LogP contribution in [0.4, 0.5) is 0 Å². The van der Waals surface area contributed by atoms with Gasteiger partial charge in [0.2, 0.25) is 0 Å². The molecule has 0 heterocycles. The molecule has 1 amide bonds. The molecule has 1 aromatic carbocycles. The highest BCUT2D eigenvalue weighted by Gasteiger charge is 2.13. The summed E-state index contributed by atoms with van der Waals surface area (Å²) < 4.78 is 0. The molecule has 0 saturated carbocycles. The molecule has 0 aliphatic carbocycles. The van der Waals surface area contributed by atoms with Crippen LogP contribution < -0.4 is 11.3 Å². The van der Waals surface area contributed by atoms with Gasteiger partial charge in [0, 0.05) is 18.7 Å². The molecule has 1 unspecified atom stereocenters. The highest BCUT2D eigenvalue weighted by Crippen LogP contribution is 2.12. The molecule has 0 saturated heterocycles. The number of benzene rings is 1. The van der Waals surface area contributed by atoms with Crippen molar-refractivity contribution in [1.82, 2.24) is 10.3 Å². The Hall–Kier alpha value is -1.90. The van der Waals surface area contributed by atoms with Gasteiger partial charge in [0.05, 0.1) is 12.0 Å². The zero-order chi connectivity index (χ0) is 14.3. The summed E-state index contributed by atoms with van der Waals surface area (Å²) in [5.41, 5.74) is 3.65. The number of nitrogens with two attached hydrogens (primary N) is 1. The number of hydrazine groups is 1. The summed E-state index contributed by atoms with van der Waals surface area (Å²) in [4.78, 5) is 13.8. The largest absolute Gasteiger partial charge is 0.298 e. The molecule has 0 bridgehead atoms. The third-order valence-electron chi connectivity index (χ3n) is 2.99. The second-order valence-electron chi connectivity index (χ2n) is 4.49. The van der Waals surface area contributed by atoms with E-state index in [4.69, 9.17) is 11.1 Å². The topological polar surface area (TPSA) is 82.2 Å². The molecule has 0 aliphatic rings. The lowest BCUT2D eigenvalue weighted by Gasteiger charge is -2.22. The number of rotatable bonds is 6. The van der Waals surface area contributed by atoms with Crippen molar-refractivity contribution in [1.29, 1.82) is 5.26 Å². The predicted octanol–water partition coefficient (Wildman–Crippen LogP) is 1.27. The van der Waals surface area contributed by atoms with Gasteiger partial charge in [-0.1, -0.05) is 25.1 Å². The fraction of sp³-hybridized carbons (Fsp3) is 0.429. The lowest BCUT2D eigenvalue weighted by Crippen LogP contribution is -2.32. The van der Waals surface area contributed by atoms with Crippen LogP contribution in [0.25, 0.3) is 0 Å². The first-order chi connectivity index (χ1) is 9.12. The number of nitrogen functional groups attached to an aromatic ring is 1. The summed E-state index contributed by atoms with van der Waals surface area (Å²) in [6.07, 6.45) is 0. The zero-order valence-electron chi connectivity index (χ0n) is 11.4. The van der Waals surface area contributed by atoms with Crippen LogP contribution in [-0.2, 0) is 6.54 Å². The van der Waals surface area contributed by atoms with Crippen LogP contribution in [0.3, 0.4) is 0 Å². The first-order valence-corrected chi connectivity index (χ1v) is 6.33. The number of hydrogen-bond acceptors (Lipinski definition) is 4. The van der Waals surface area contributed by atoms with E-state index in [-0.39, 0.29) is 11.8 Å². The Morgan fingerprint density at radius 1 is 1.53 bits per heavy atom. The van der Waals surface area contributed by atoms with Gasteiger partial charge in [-0.05, 0) is 25.1 Å². The van der Waals surface area contributed by atoms with E-state index in [9.17, 15) is 4.79 Å². The van der Waals surface area contributed by atoms with Gasteiger partial charge >= 0.3 is 0 Å². The molecule has 5 heteroatoms. The molecule has 102 valence electrons. The summed E-state index contributed by atoms with van der Waals surface area (Å²) in [5.74, 6) is 4.86. The maximum Gasteiger partial charge on any atom is 0.265 e. The maximum absolute atomic E-state index is 11.7. The van der Waals surface area contributed by atoms with E-state index >= 15 is 0 Å². The molecule has 0 spiro atoms. The molecule has 1 atom stereocenters. The van der Waals surface area contributed by atoms with Gasteiger partial charge in [0.1, 0.15) is 0 Å². The van der Waals surface area contributed by atoms with Crippen molar-refractivity contribution in [2.24, 2.45) is 11.8 Å². The van der Waals surface area contributed by atoms with Crippen molar-refractivity contribution in [2.75, 3.05) is 13.1 Å². The molecule has 0 fully saturated rings. The quantitative estimate of drug-likeness (QED) is 0.458. The monoisotopic (exact) mass is 260 g/mol. The smallest absolute Gasteiger partial charge is 0.265 e. The van der Waals surface area contributed by atoms with E-state index in [2.05, 4.69) is 16.4 Å². The Bertz CT molecular complexity index is 467. The maximum atomic E-state index is 11.7. The highest BCUT2D eigenvalue weighted by molar-refractivity contribution is 5.95. The molecule has 1 rings (SSSR count). The second kappa shape index (κ2) is 7.52. The summed E-state index contributed by atoms with van der Waals surface area (Å²) >= 11 is 0. The SMILES string of the molecule is CCN(Cc1ccccc1C(=O)NN)CC(C)C#N. The average Bonchev–Trinajstić information content (AvgIpc) is 2.45. The number of nitrogens with one attached hydrogen (secondary N) is 1. The fourth-order valence-corrected chi connectivity index (χ4v) is 1.93. The number of amides is 1. The summed E-state index contributed by atoms with van der Waals surface area (Å²) in [7, 11) is 0. The molecule has 0 radical (unpaired) electrons. The summed E-state index contributed by atoms with van der Waals surface area (Å²) in [6.45, 7) is 6.07. The van der Waals surface area contributed by atoms with Crippen LogP contribution in [0, 0.1) is 17.2 Å². The van der Waals surface area contributed by atoms with Gasteiger partial charge in [0.15, 0.2) is 0 Å². The number of carbonyl (C=O) groups excluding carboxylic acids is 1. The molecule has 1 aromatic rings. The first kappa shape index (κ1) is 15.2. The van der Waals surface area contributed by atoms with Gasteiger partial charge in [-0.2, -0.15) is 5.26 Å². The van der Waals surface area contributed by atoms with Crippen molar-refractivity contribution in [3.8, 4) is 6.07 Å². The molecule has 3 N–H and O–H groups in total. The van der Waals surface area contributed by atoms with Crippen molar-refractivity contribution >= 4 is 5.91 Å². The normalized spacial score (nSPS) is 11.9. The Morgan fingerprint density at radius 3 is 2.79 bits per heavy atom. The molecular formula is C14H20N4O. The number of carbonyl (C=O) groups is 1. The van der Waals surface area contributed by atoms with Crippen molar-refractivity contribution in [3.63, 3.8) is 0 Å². The van der Waals surface area contributed by atoms with E-state index in [1.165, 1.54) is 0 Å². The van der Waals surface area contributed by atoms with Gasteiger partial charge in [-0.3, -0.25) is 15.1 Å². The Balaban J connectivity index is 2.85. The van der Waals surface area contributed by atoms with Gasteiger partial charge < -0.3 is 0 Å². The fourth-order valence-electron chi connectivity index (χ4n) is 1.93. The predicted molar refractivity (Wildman–Crippen MR) is 73.8 cm³/mol. The van der Waals surface area contributed by atoms with E-state index in [0.29, 0.717) is 18.7 Å². The molecule has 5 nitrogen and oxygen atoms in total. The van der Waals surface area contributed by atoms with Crippen LogP contribution in [0.1, 0.15) is 29.8 Å². The highest BCUT2D eigenvalue weighted by atomic mass is 16.2. The third kappa shape index (κ3) is 4.36. The van der Waals surface area contributed by atoms with Gasteiger partial charge in [-0.25, -0.2) is 5.84 Å². The number of nitriles is 1. The summed E-state index contributed by atoms with van der Waals surface area (Å²) in [5, 5.41) is 8.87. The van der Waals surface area contributed by atoms with E-state index in [1.807, 2.05) is 32.0 Å². The minimum Gasteiger partial charge on any atom is -0.298 e. The second-order valence-corrected chi connectivity index (χ2v) is 4.49. The van der Waals surface area contributed by atoms with E-state index < -0.39 is 0 Å². The van der Waals surface area contributed by atoms with Crippen LogP contribution >= 0.6 is 0 Å². The molecule has 0 aliphatic heterocycles. The minimum atomic E-state index is -0.292. The zero-order valence-corrected chi connectivity index (χ0v) is 11.4. The van der Waals surface area contributed by atoms with Crippen molar-refractivity contribution in [3.05, 3.63) is 35.4 Å². The molecule has 19 heavy (non-hydrogen) atoms. The van der Waals surface area contributed by atoms with Crippen molar-refractivity contribution < 1.29 is 4.79 Å². The summed E-state index contributed by atoms with van der Waals surface area (Å²) in [6, 6.07) is 9.58. The van der Waals surface area contributed by atoms with Crippen LogP contribution in [0.15, 0.2) is 24.3 Å². The van der Waals surface area contributed by atoms with Crippen LogP contribution in [0.5, 0.6) is 0 Å². The van der Waals surface area contributed by atoms with E-state index in [1.54, 1.807) is 6.07 Å². The Labute approximate surface area is 114 Å². The Kier molecular flexibility index (Phi) is 6.00. The van der Waals surface area contributed by atoms with E-state index in [0.717, 1.165) is 12.1 Å². The van der Waals surface area contributed by atoms with Gasteiger partial charge in [0.25, 0.3) is 5.91 Å². The third-order valence-corrected chi connectivity index (χ3v) is 2.99. The average molecular weight is 260 g/mol. The minimum absolute atomic E-state index is 0.0320. The van der Waals surface area contributed by atoms with Crippen molar-refractivity contribution in [2.45, 2.75) is 20.4 Å². The van der Waals surface area contributed by atoms with Crippen LogP contribution in [-0.4, -0.2) is 23.9 Å². The molecule has 0 aromatic heterocycles. The standard InChI is InChI=1S/C14H20N4O/c1-3-18(9-11(2)8-15)10-12-6-4-5-7-13(12)14(19)17-16/h4-7,11H,3,9-10,16H2,1-2H3,(H,17,19).